The molecule has 3 aliphatic carbocycles. The minimum Gasteiger partial charge on any atom is -0.311 e. The lowest BCUT2D eigenvalue weighted by molar-refractivity contribution is 0.236. The summed E-state index contributed by atoms with van der Waals surface area (Å²) in [5.74, 6) is 4.20. The quantitative estimate of drug-likeness (QED) is 0.748. The number of hydrogen-bond donors (Lipinski definition) is 1. The number of nitrogens with one attached hydrogen (secondary N) is 1. The van der Waals surface area contributed by atoms with Crippen molar-refractivity contribution in [1.29, 1.82) is 0 Å². The van der Waals surface area contributed by atoms with Gasteiger partial charge in [0.25, 0.3) is 0 Å². The Labute approximate surface area is 100 Å². The van der Waals surface area contributed by atoms with Gasteiger partial charge in [-0.05, 0) is 69.1 Å². The average Bonchev–Trinajstić information content (AvgIpc) is 2.92. The van der Waals surface area contributed by atoms with Crippen LogP contribution in [0.4, 0.5) is 0 Å². The Morgan fingerprint density at radius 3 is 2.44 bits per heavy atom. The van der Waals surface area contributed by atoms with E-state index in [0.29, 0.717) is 0 Å². The zero-order chi connectivity index (χ0) is 11.1. The Morgan fingerprint density at radius 1 is 1.12 bits per heavy atom. The molecule has 5 atom stereocenters. The van der Waals surface area contributed by atoms with E-state index in [0.717, 1.165) is 35.8 Å². The van der Waals surface area contributed by atoms with Gasteiger partial charge in [-0.3, -0.25) is 0 Å². The summed E-state index contributed by atoms with van der Waals surface area (Å²) >= 11 is 0. The first-order valence-electron chi connectivity index (χ1n) is 7.54. The van der Waals surface area contributed by atoms with Gasteiger partial charge in [0.15, 0.2) is 0 Å². The van der Waals surface area contributed by atoms with Crippen LogP contribution < -0.4 is 5.32 Å². The summed E-state index contributed by atoms with van der Waals surface area (Å²) in [4.78, 5) is 0. The predicted octanol–water partition coefficient (Wildman–Crippen LogP) is 3.59. The zero-order valence-corrected chi connectivity index (χ0v) is 10.9. The molecular formula is C15H27N. The fraction of sp³-hybridized carbons (Fsp3) is 1.00. The lowest BCUT2D eigenvalue weighted by Crippen LogP contribution is -2.43. The molecule has 3 aliphatic rings. The molecule has 92 valence electrons. The van der Waals surface area contributed by atoms with Crippen molar-refractivity contribution in [3.05, 3.63) is 0 Å². The zero-order valence-electron chi connectivity index (χ0n) is 10.9. The summed E-state index contributed by atoms with van der Waals surface area (Å²) in [6.45, 7) is 4.81. The van der Waals surface area contributed by atoms with Gasteiger partial charge in [-0.1, -0.05) is 13.3 Å². The molecule has 16 heavy (non-hydrogen) atoms. The SMILES string of the molecule is CCC(NC(C)C1CC2CCC1C2)C1CC1. The van der Waals surface area contributed by atoms with Crippen molar-refractivity contribution in [2.24, 2.45) is 23.7 Å². The molecule has 5 unspecified atom stereocenters. The Kier molecular flexibility index (Phi) is 2.99. The minimum absolute atomic E-state index is 0.779. The molecule has 0 heterocycles. The van der Waals surface area contributed by atoms with Crippen LogP contribution in [0.3, 0.4) is 0 Å². The molecule has 0 saturated heterocycles. The van der Waals surface area contributed by atoms with Gasteiger partial charge in [-0.15, -0.1) is 0 Å². The molecule has 0 amide bonds. The van der Waals surface area contributed by atoms with E-state index in [2.05, 4.69) is 19.2 Å². The fourth-order valence-corrected chi connectivity index (χ4v) is 4.45. The molecule has 0 aromatic carbocycles. The molecule has 1 nitrogen and oxygen atoms in total. The van der Waals surface area contributed by atoms with Gasteiger partial charge in [0.1, 0.15) is 0 Å². The molecule has 0 radical (unpaired) electrons. The van der Waals surface area contributed by atoms with E-state index in [1.807, 2.05) is 0 Å². The third kappa shape index (κ3) is 2.03. The Morgan fingerprint density at radius 2 is 1.94 bits per heavy atom. The minimum atomic E-state index is 0.779. The highest BCUT2D eigenvalue weighted by molar-refractivity contribution is 4.96. The average molecular weight is 221 g/mol. The van der Waals surface area contributed by atoms with Crippen LogP contribution in [0, 0.1) is 23.7 Å². The summed E-state index contributed by atoms with van der Waals surface area (Å²) in [6, 6.07) is 1.61. The van der Waals surface area contributed by atoms with Crippen LogP contribution in [0.15, 0.2) is 0 Å². The van der Waals surface area contributed by atoms with Crippen LogP contribution in [0.5, 0.6) is 0 Å². The maximum Gasteiger partial charge on any atom is 0.00952 e. The van der Waals surface area contributed by atoms with Crippen molar-refractivity contribution in [3.8, 4) is 0 Å². The summed E-state index contributed by atoms with van der Waals surface area (Å²) in [6.07, 6.45) is 10.4. The molecule has 2 bridgehead atoms. The second-order valence-corrected chi connectivity index (χ2v) is 6.65. The van der Waals surface area contributed by atoms with E-state index in [4.69, 9.17) is 0 Å². The Balaban J connectivity index is 1.54. The number of hydrogen-bond acceptors (Lipinski definition) is 1. The summed E-state index contributed by atoms with van der Waals surface area (Å²) in [7, 11) is 0. The maximum absolute atomic E-state index is 3.96. The van der Waals surface area contributed by atoms with E-state index in [9.17, 15) is 0 Å². The molecule has 0 aromatic heterocycles. The largest absolute Gasteiger partial charge is 0.311 e. The topological polar surface area (TPSA) is 12.0 Å². The van der Waals surface area contributed by atoms with Crippen LogP contribution in [-0.2, 0) is 0 Å². The molecule has 0 aromatic rings. The maximum atomic E-state index is 3.96. The Bertz CT molecular complexity index is 246. The van der Waals surface area contributed by atoms with E-state index < -0.39 is 0 Å². The van der Waals surface area contributed by atoms with E-state index >= 15 is 0 Å². The third-order valence-corrected chi connectivity index (χ3v) is 5.54. The van der Waals surface area contributed by atoms with Gasteiger partial charge in [0, 0.05) is 12.1 Å². The van der Waals surface area contributed by atoms with Gasteiger partial charge in [-0.25, -0.2) is 0 Å². The van der Waals surface area contributed by atoms with Gasteiger partial charge < -0.3 is 5.32 Å². The lowest BCUT2D eigenvalue weighted by atomic mass is 9.83. The Hall–Kier alpha value is -0.0400. The van der Waals surface area contributed by atoms with Gasteiger partial charge >= 0.3 is 0 Å². The normalized spacial score (nSPS) is 41.2. The number of rotatable bonds is 5. The van der Waals surface area contributed by atoms with Crippen LogP contribution in [0.2, 0.25) is 0 Å². The first-order chi connectivity index (χ1) is 7.78. The monoisotopic (exact) mass is 221 g/mol. The van der Waals surface area contributed by atoms with E-state index in [-0.39, 0.29) is 0 Å². The predicted molar refractivity (Wildman–Crippen MR) is 68.3 cm³/mol. The molecule has 3 fully saturated rings. The molecule has 1 heteroatoms. The van der Waals surface area contributed by atoms with Crippen LogP contribution in [0.1, 0.15) is 58.8 Å². The summed E-state index contributed by atoms with van der Waals surface area (Å²) in [5.41, 5.74) is 0. The molecular weight excluding hydrogens is 194 g/mol. The van der Waals surface area contributed by atoms with Gasteiger partial charge in [0.2, 0.25) is 0 Å². The molecule has 1 N–H and O–H groups in total. The molecule has 3 saturated carbocycles. The summed E-state index contributed by atoms with van der Waals surface area (Å²) < 4.78 is 0. The van der Waals surface area contributed by atoms with Crippen molar-refractivity contribution < 1.29 is 0 Å². The second kappa shape index (κ2) is 4.33. The van der Waals surface area contributed by atoms with Gasteiger partial charge in [-0.2, -0.15) is 0 Å². The standard InChI is InChI=1S/C15H27N/c1-3-15(12-6-7-12)16-10(2)14-9-11-4-5-13(14)8-11/h10-16H,3-9H2,1-2H3. The molecule has 0 spiro atoms. The van der Waals surface area contributed by atoms with Crippen molar-refractivity contribution in [2.75, 3.05) is 0 Å². The fourth-order valence-electron chi connectivity index (χ4n) is 4.45. The highest BCUT2D eigenvalue weighted by Gasteiger charge is 2.42. The smallest absolute Gasteiger partial charge is 0.00952 e. The first kappa shape index (κ1) is 11.1. The third-order valence-electron chi connectivity index (χ3n) is 5.54. The van der Waals surface area contributed by atoms with Crippen LogP contribution in [0.25, 0.3) is 0 Å². The molecule has 3 rings (SSSR count). The second-order valence-electron chi connectivity index (χ2n) is 6.65. The van der Waals surface area contributed by atoms with Crippen LogP contribution >= 0.6 is 0 Å². The highest BCUT2D eigenvalue weighted by atomic mass is 15.0. The van der Waals surface area contributed by atoms with E-state index in [1.54, 1.807) is 6.42 Å². The van der Waals surface area contributed by atoms with Gasteiger partial charge in [0.05, 0.1) is 0 Å². The first-order valence-corrected chi connectivity index (χ1v) is 7.54. The van der Waals surface area contributed by atoms with Crippen molar-refractivity contribution in [3.63, 3.8) is 0 Å². The highest BCUT2D eigenvalue weighted by Crippen LogP contribution is 2.49. The van der Waals surface area contributed by atoms with Crippen molar-refractivity contribution in [2.45, 2.75) is 70.9 Å². The number of fused-ring (bicyclic) bond motifs is 2. The van der Waals surface area contributed by atoms with Crippen molar-refractivity contribution in [1.82, 2.24) is 5.32 Å². The van der Waals surface area contributed by atoms with E-state index in [1.165, 1.54) is 38.5 Å². The molecule has 0 aliphatic heterocycles. The van der Waals surface area contributed by atoms with Crippen LogP contribution in [-0.4, -0.2) is 12.1 Å². The van der Waals surface area contributed by atoms with Crippen molar-refractivity contribution >= 4 is 0 Å². The summed E-state index contributed by atoms with van der Waals surface area (Å²) in [5, 5.41) is 3.96. The lowest BCUT2D eigenvalue weighted by Gasteiger charge is -2.32.